The van der Waals surface area contributed by atoms with Crippen LogP contribution in [0.15, 0.2) is 52.6 Å². The van der Waals surface area contributed by atoms with Gasteiger partial charge in [-0.1, -0.05) is 42.1 Å². The number of hydrogen-bond acceptors (Lipinski definition) is 7. The van der Waals surface area contributed by atoms with Crippen molar-refractivity contribution in [2.45, 2.75) is 13.1 Å². The predicted molar refractivity (Wildman–Crippen MR) is 108 cm³/mol. The van der Waals surface area contributed by atoms with E-state index in [1.807, 2.05) is 55.6 Å². The van der Waals surface area contributed by atoms with Gasteiger partial charge in [-0.3, -0.25) is 15.1 Å². The van der Waals surface area contributed by atoms with Crippen LogP contribution in [0.25, 0.3) is 5.70 Å². The molecule has 4 rings (SSSR count). The number of benzene rings is 2. The zero-order valence-corrected chi connectivity index (χ0v) is 16.6. The Labute approximate surface area is 166 Å². The molecule has 144 valence electrons. The second-order valence-corrected chi connectivity index (χ2v) is 6.88. The number of hydrogen-bond donors (Lipinski definition) is 1. The van der Waals surface area contributed by atoms with Crippen molar-refractivity contribution in [3.05, 3.63) is 58.6 Å². The molecule has 0 spiro atoms. The fourth-order valence-electron chi connectivity index (χ4n) is 3.35. The Kier molecular flexibility index (Phi) is 4.95. The summed E-state index contributed by atoms with van der Waals surface area (Å²) in [5.74, 6) is 1.02. The summed E-state index contributed by atoms with van der Waals surface area (Å²) >= 11 is 1.37. The molecule has 0 unspecified atom stereocenters. The molecule has 2 aromatic carbocycles. The molecule has 1 N–H and O–H groups in total. The molecule has 1 amide bonds. The molecule has 0 fully saturated rings. The predicted octanol–water partition coefficient (Wildman–Crippen LogP) is 1.60. The van der Waals surface area contributed by atoms with Crippen LogP contribution in [0.3, 0.4) is 0 Å². The summed E-state index contributed by atoms with van der Waals surface area (Å²) in [5, 5.41) is 11.1. The molecule has 0 aliphatic carbocycles. The van der Waals surface area contributed by atoms with E-state index in [9.17, 15) is 4.79 Å². The number of carbonyl (C=O) groups is 1. The third-order valence-corrected chi connectivity index (χ3v) is 5.07. The second-order valence-electron chi connectivity index (χ2n) is 6.09. The van der Waals surface area contributed by atoms with Gasteiger partial charge < -0.3 is 9.47 Å². The molecule has 7 nitrogen and oxygen atoms in total. The van der Waals surface area contributed by atoms with Gasteiger partial charge in [0.05, 0.1) is 19.1 Å². The van der Waals surface area contributed by atoms with E-state index >= 15 is 0 Å². The monoisotopic (exact) mass is 396 g/mol. The first-order valence-electron chi connectivity index (χ1n) is 8.88. The van der Waals surface area contributed by atoms with E-state index in [0.29, 0.717) is 29.0 Å². The first kappa shape index (κ1) is 18.4. The van der Waals surface area contributed by atoms with Crippen molar-refractivity contribution in [2.24, 2.45) is 10.1 Å². The fourth-order valence-corrected chi connectivity index (χ4v) is 3.71. The minimum Gasteiger partial charge on any atom is -0.492 e. The molecule has 2 heterocycles. The van der Waals surface area contributed by atoms with E-state index in [0.717, 1.165) is 16.1 Å². The van der Waals surface area contributed by atoms with Gasteiger partial charge in [-0.15, -0.1) is 5.10 Å². The average molecular weight is 396 g/mol. The van der Waals surface area contributed by atoms with Gasteiger partial charge in [0.1, 0.15) is 5.70 Å². The zero-order valence-electron chi connectivity index (χ0n) is 15.8. The van der Waals surface area contributed by atoms with Gasteiger partial charge in [-0.2, -0.15) is 0 Å². The van der Waals surface area contributed by atoms with Crippen LogP contribution in [0, 0.1) is 0 Å². The standard InChI is InChI=1S/C20H20N4O3S/c1-4-27-15-11-7-9-13(17(15)26-2)18-21-14-10-6-5-8-12(14)16-19(25)22-20(28-3)23-24(16)18/h5-11,18H,4H2,1-3H3,(H,22,23,25)/t18-/m1/s1. The highest BCUT2D eigenvalue weighted by Gasteiger charge is 2.35. The minimum atomic E-state index is -0.548. The Balaban J connectivity index is 1.97. The number of amidine groups is 1. The normalized spacial score (nSPS) is 17.8. The molecule has 0 aromatic heterocycles. The maximum absolute atomic E-state index is 12.9. The Bertz CT molecular complexity index is 1080. The molecule has 2 aliphatic rings. The first-order valence-corrected chi connectivity index (χ1v) is 10.1. The van der Waals surface area contributed by atoms with E-state index in [2.05, 4.69) is 10.4 Å². The Hall–Kier alpha value is -3.00. The zero-order chi connectivity index (χ0) is 19.7. The number of methoxy groups -OCH3 is 1. The molecule has 0 saturated heterocycles. The number of amides is 1. The Morgan fingerprint density at radius 2 is 2.04 bits per heavy atom. The van der Waals surface area contributed by atoms with E-state index < -0.39 is 6.17 Å². The molecule has 28 heavy (non-hydrogen) atoms. The molecule has 0 radical (unpaired) electrons. The van der Waals surface area contributed by atoms with Crippen molar-refractivity contribution in [2.75, 3.05) is 20.0 Å². The van der Waals surface area contributed by atoms with Crippen LogP contribution in [-0.4, -0.2) is 36.1 Å². The van der Waals surface area contributed by atoms with Crippen LogP contribution in [0.1, 0.15) is 18.7 Å². The van der Waals surface area contributed by atoms with Crippen molar-refractivity contribution >= 4 is 28.5 Å². The molecule has 0 saturated carbocycles. The van der Waals surface area contributed by atoms with Gasteiger partial charge in [0, 0.05) is 10.8 Å². The summed E-state index contributed by atoms with van der Waals surface area (Å²) in [6, 6.07) is 13.2. The van der Waals surface area contributed by atoms with Crippen LogP contribution >= 0.6 is 11.8 Å². The van der Waals surface area contributed by atoms with Crippen LogP contribution in [0.2, 0.25) is 0 Å². The lowest BCUT2D eigenvalue weighted by Gasteiger charge is -2.34. The minimum absolute atomic E-state index is 0.202. The summed E-state index contributed by atoms with van der Waals surface area (Å²) in [6.45, 7) is 2.44. The number of ether oxygens (including phenoxy) is 2. The summed E-state index contributed by atoms with van der Waals surface area (Å²) in [5.41, 5.74) is 1.25. The Morgan fingerprint density at radius 1 is 1.21 bits per heavy atom. The van der Waals surface area contributed by atoms with Crippen molar-refractivity contribution in [3.8, 4) is 11.5 Å². The van der Waals surface area contributed by atoms with Gasteiger partial charge in [0.2, 0.25) is 0 Å². The number of fused-ring (bicyclic) bond motifs is 2. The lowest BCUT2D eigenvalue weighted by atomic mass is 10.1. The fraction of sp³-hybridized carbons (Fsp3) is 0.250. The van der Waals surface area contributed by atoms with Crippen molar-refractivity contribution in [1.29, 1.82) is 0 Å². The van der Waals surface area contributed by atoms with Crippen LogP contribution in [-0.2, 0) is 4.79 Å². The smallest absolute Gasteiger partial charge is 0.276 e. The van der Waals surface area contributed by atoms with Crippen LogP contribution in [0.5, 0.6) is 11.5 Å². The molecule has 2 aromatic rings. The van der Waals surface area contributed by atoms with Gasteiger partial charge in [0.15, 0.2) is 22.8 Å². The third kappa shape index (κ3) is 2.99. The molecule has 8 heteroatoms. The summed E-state index contributed by atoms with van der Waals surface area (Å²) in [6.07, 6.45) is 1.32. The highest BCUT2D eigenvalue weighted by molar-refractivity contribution is 8.13. The summed E-state index contributed by atoms with van der Waals surface area (Å²) in [7, 11) is 1.60. The summed E-state index contributed by atoms with van der Waals surface area (Å²) < 4.78 is 11.4. The van der Waals surface area contributed by atoms with Crippen molar-refractivity contribution < 1.29 is 14.3 Å². The molecule has 1 atom stereocenters. The highest BCUT2D eigenvalue weighted by atomic mass is 32.2. The van der Waals surface area contributed by atoms with Crippen molar-refractivity contribution in [3.63, 3.8) is 0 Å². The highest BCUT2D eigenvalue weighted by Crippen LogP contribution is 2.40. The number of carbonyl (C=O) groups excluding carboxylic acids is 1. The number of hydrazone groups is 1. The molecule has 0 bridgehead atoms. The first-order chi connectivity index (χ1) is 13.7. The lowest BCUT2D eigenvalue weighted by Crippen LogP contribution is -2.50. The number of rotatable bonds is 4. The average Bonchev–Trinajstić information content (AvgIpc) is 2.72. The summed E-state index contributed by atoms with van der Waals surface area (Å²) in [4.78, 5) is 17.8. The number of nitrogens with one attached hydrogen (secondary N) is 1. The quantitative estimate of drug-likeness (QED) is 0.850. The maximum Gasteiger partial charge on any atom is 0.276 e. The third-order valence-electron chi connectivity index (χ3n) is 4.50. The van der Waals surface area contributed by atoms with Gasteiger partial charge in [0.25, 0.3) is 5.91 Å². The van der Waals surface area contributed by atoms with E-state index in [4.69, 9.17) is 14.5 Å². The van der Waals surface area contributed by atoms with Gasteiger partial charge >= 0.3 is 0 Å². The molecule has 2 aliphatic heterocycles. The number of nitrogens with zero attached hydrogens (tertiary/aromatic N) is 3. The Morgan fingerprint density at radius 3 is 2.79 bits per heavy atom. The van der Waals surface area contributed by atoms with Gasteiger partial charge in [-0.05, 0) is 25.3 Å². The van der Waals surface area contributed by atoms with E-state index in [1.54, 1.807) is 12.1 Å². The van der Waals surface area contributed by atoms with Crippen LogP contribution < -0.4 is 25.4 Å². The molecular formula is C20H20N4O3S. The number of para-hydroxylation sites is 2. The molecular weight excluding hydrogens is 376 g/mol. The lowest BCUT2D eigenvalue weighted by molar-refractivity contribution is -0.116. The van der Waals surface area contributed by atoms with E-state index in [-0.39, 0.29) is 5.91 Å². The topological polar surface area (TPSA) is 75.5 Å². The van der Waals surface area contributed by atoms with Crippen LogP contribution in [0.4, 0.5) is 0 Å². The van der Waals surface area contributed by atoms with Gasteiger partial charge in [-0.25, -0.2) is 5.01 Å². The number of thioether (sulfide) groups is 1. The SMILES string of the molecule is CCOc1cccc([C@@H]2N=c3ccccc3=C3C(=O)NC(SC)=NN32)c1OC. The largest absolute Gasteiger partial charge is 0.492 e. The second kappa shape index (κ2) is 7.55. The van der Waals surface area contributed by atoms with Crippen molar-refractivity contribution in [1.82, 2.24) is 10.3 Å². The van der Waals surface area contributed by atoms with E-state index in [1.165, 1.54) is 11.8 Å². The maximum atomic E-state index is 12.9.